The highest BCUT2D eigenvalue weighted by Gasteiger charge is 2.05. The molecule has 1 rings (SSSR count). The maximum atomic E-state index is 11.1. The summed E-state index contributed by atoms with van der Waals surface area (Å²) >= 11 is 0. The number of benzene rings is 1. The lowest BCUT2D eigenvalue weighted by molar-refractivity contribution is 0.0600. The Morgan fingerprint density at radius 2 is 2.23 bits per heavy atom. The van der Waals surface area contributed by atoms with Gasteiger partial charge in [-0.15, -0.1) is 6.42 Å². The van der Waals surface area contributed by atoms with Gasteiger partial charge in [-0.05, 0) is 30.7 Å². The van der Waals surface area contributed by atoms with E-state index in [9.17, 15) is 4.79 Å². The van der Waals surface area contributed by atoms with Gasteiger partial charge < -0.3 is 4.74 Å². The average molecular weight is 174 g/mol. The van der Waals surface area contributed by atoms with Crippen molar-refractivity contribution in [3.8, 4) is 12.3 Å². The average Bonchev–Trinajstić information content (AvgIpc) is 2.16. The summed E-state index contributed by atoms with van der Waals surface area (Å²) in [5.74, 6) is 2.19. The van der Waals surface area contributed by atoms with Gasteiger partial charge in [0.05, 0.1) is 12.7 Å². The maximum absolute atomic E-state index is 11.1. The van der Waals surface area contributed by atoms with Crippen LogP contribution in [-0.2, 0) is 4.74 Å². The van der Waals surface area contributed by atoms with Crippen LogP contribution in [0.5, 0.6) is 0 Å². The van der Waals surface area contributed by atoms with E-state index in [4.69, 9.17) is 6.42 Å². The van der Waals surface area contributed by atoms with Crippen molar-refractivity contribution < 1.29 is 9.53 Å². The van der Waals surface area contributed by atoms with E-state index >= 15 is 0 Å². The Bertz CT molecular complexity index is 372. The topological polar surface area (TPSA) is 26.3 Å². The predicted molar refractivity (Wildman–Crippen MR) is 50.5 cm³/mol. The van der Waals surface area contributed by atoms with Crippen LogP contribution in [0.25, 0.3) is 0 Å². The fourth-order valence-corrected chi connectivity index (χ4v) is 1.07. The molecule has 1 aromatic rings. The molecule has 0 spiro atoms. The summed E-state index contributed by atoms with van der Waals surface area (Å²) in [5, 5.41) is 0. The Hall–Kier alpha value is -1.75. The SMILES string of the molecule is C#Cc1ccc(C(=O)OC)cc1C. The third kappa shape index (κ3) is 1.88. The first-order valence-electron chi connectivity index (χ1n) is 3.84. The van der Waals surface area contributed by atoms with Gasteiger partial charge in [-0.3, -0.25) is 0 Å². The standard InChI is InChI=1S/C11H10O2/c1-4-9-5-6-10(7-8(9)2)11(12)13-3/h1,5-7H,2-3H3. The summed E-state index contributed by atoms with van der Waals surface area (Å²) in [4.78, 5) is 11.1. The van der Waals surface area contributed by atoms with Gasteiger partial charge in [0.15, 0.2) is 0 Å². The van der Waals surface area contributed by atoms with Crippen LogP contribution >= 0.6 is 0 Å². The van der Waals surface area contributed by atoms with Crippen molar-refractivity contribution in [1.82, 2.24) is 0 Å². The van der Waals surface area contributed by atoms with Gasteiger partial charge >= 0.3 is 5.97 Å². The van der Waals surface area contributed by atoms with Gasteiger partial charge in [0, 0.05) is 5.56 Å². The van der Waals surface area contributed by atoms with Crippen molar-refractivity contribution >= 4 is 5.97 Å². The Labute approximate surface area is 77.5 Å². The Morgan fingerprint density at radius 3 is 2.69 bits per heavy atom. The Balaban J connectivity index is 3.11. The first-order chi connectivity index (χ1) is 6.19. The molecule has 0 saturated carbocycles. The van der Waals surface area contributed by atoms with Gasteiger partial charge in [-0.1, -0.05) is 5.92 Å². The molecule has 1 aromatic carbocycles. The Morgan fingerprint density at radius 1 is 1.54 bits per heavy atom. The molecule has 0 aromatic heterocycles. The molecule has 0 radical (unpaired) electrons. The number of hydrogen-bond acceptors (Lipinski definition) is 2. The van der Waals surface area contributed by atoms with Gasteiger partial charge in [-0.2, -0.15) is 0 Å². The molecule has 0 saturated heterocycles. The van der Waals surface area contributed by atoms with Crippen molar-refractivity contribution in [3.63, 3.8) is 0 Å². The molecule has 0 aliphatic carbocycles. The van der Waals surface area contributed by atoms with E-state index in [0.29, 0.717) is 5.56 Å². The summed E-state index contributed by atoms with van der Waals surface area (Å²) in [6.07, 6.45) is 5.24. The van der Waals surface area contributed by atoms with Crippen molar-refractivity contribution in [2.75, 3.05) is 7.11 Å². The maximum Gasteiger partial charge on any atom is 0.337 e. The quantitative estimate of drug-likeness (QED) is 0.479. The molecule has 2 nitrogen and oxygen atoms in total. The van der Waals surface area contributed by atoms with Crippen LogP contribution in [0.3, 0.4) is 0 Å². The molecule has 0 fully saturated rings. The van der Waals surface area contributed by atoms with Crippen LogP contribution in [-0.4, -0.2) is 13.1 Å². The van der Waals surface area contributed by atoms with E-state index in [2.05, 4.69) is 10.7 Å². The number of esters is 1. The molecule has 13 heavy (non-hydrogen) atoms. The van der Waals surface area contributed by atoms with Crippen LogP contribution in [0.4, 0.5) is 0 Å². The number of rotatable bonds is 1. The summed E-state index contributed by atoms with van der Waals surface area (Å²) in [6.45, 7) is 1.86. The van der Waals surface area contributed by atoms with Gasteiger partial charge in [0.2, 0.25) is 0 Å². The first-order valence-corrected chi connectivity index (χ1v) is 3.84. The largest absolute Gasteiger partial charge is 0.465 e. The number of methoxy groups -OCH3 is 1. The normalized spacial score (nSPS) is 9.00. The van der Waals surface area contributed by atoms with Crippen LogP contribution in [0.15, 0.2) is 18.2 Å². The first kappa shape index (κ1) is 9.34. The summed E-state index contributed by atoms with van der Waals surface area (Å²) < 4.78 is 4.57. The van der Waals surface area contributed by atoms with Crippen molar-refractivity contribution in [2.45, 2.75) is 6.92 Å². The lowest BCUT2D eigenvalue weighted by Crippen LogP contribution is -2.01. The molecule has 0 N–H and O–H groups in total. The fraction of sp³-hybridized carbons (Fsp3) is 0.182. The molecule has 0 unspecified atom stereocenters. The minimum atomic E-state index is -0.341. The van der Waals surface area contributed by atoms with Gasteiger partial charge in [-0.25, -0.2) is 4.79 Å². The third-order valence-corrected chi connectivity index (χ3v) is 1.80. The summed E-state index contributed by atoms with van der Waals surface area (Å²) in [5.41, 5.74) is 2.23. The second kappa shape index (κ2) is 3.77. The number of carbonyl (C=O) groups excluding carboxylic acids is 1. The van der Waals surface area contributed by atoms with Gasteiger partial charge in [0.1, 0.15) is 0 Å². The van der Waals surface area contributed by atoms with Crippen molar-refractivity contribution in [2.24, 2.45) is 0 Å². The number of hydrogen-bond donors (Lipinski definition) is 0. The van der Waals surface area contributed by atoms with Crippen molar-refractivity contribution in [1.29, 1.82) is 0 Å². The molecule has 0 aliphatic rings. The highest BCUT2D eigenvalue weighted by molar-refractivity contribution is 5.89. The molecule has 2 heteroatoms. The third-order valence-electron chi connectivity index (χ3n) is 1.80. The molecule has 0 bridgehead atoms. The van der Waals surface area contributed by atoms with Crippen molar-refractivity contribution in [3.05, 3.63) is 34.9 Å². The van der Waals surface area contributed by atoms with Crippen LogP contribution in [0.2, 0.25) is 0 Å². The minimum absolute atomic E-state index is 0.341. The molecule has 0 aliphatic heterocycles. The van der Waals surface area contributed by atoms with Crippen LogP contribution in [0, 0.1) is 19.3 Å². The molecular weight excluding hydrogens is 164 g/mol. The number of terminal acetylenes is 1. The summed E-state index contributed by atoms with van der Waals surface area (Å²) in [7, 11) is 1.35. The number of aryl methyl sites for hydroxylation is 1. The van der Waals surface area contributed by atoms with E-state index in [1.807, 2.05) is 6.92 Å². The smallest absolute Gasteiger partial charge is 0.337 e. The predicted octanol–water partition coefficient (Wildman–Crippen LogP) is 1.76. The zero-order valence-corrected chi connectivity index (χ0v) is 7.63. The molecule has 0 amide bonds. The van der Waals surface area contributed by atoms with E-state index in [-0.39, 0.29) is 5.97 Å². The second-order valence-electron chi connectivity index (χ2n) is 2.67. The van der Waals surface area contributed by atoms with Gasteiger partial charge in [0.25, 0.3) is 0 Å². The highest BCUT2D eigenvalue weighted by atomic mass is 16.5. The molecule has 0 heterocycles. The van der Waals surface area contributed by atoms with E-state index in [1.165, 1.54) is 7.11 Å². The fourth-order valence-electron chi connectivity index (χ4n) is 1.07. The second-order valence-corrected chi connectivity index (χ2v) is 2.67. The monoisotopic (exact) mass is 174 g/mol. The lowest BCUT2D eigenvalue weighted by Gasteiger charge is -2.01. The zero-order valence-electron chi connectivity index (χ0n) is 7.63. The van der Waals surface area contributed by atoms with Crippen LogP contribution in [0.1, 0.15) is 21.5 Å². The van der Waals surface area contributed by atoms with E-state index < -0.39 is 0 Å². The summed E-state index contributed by atoms with van der Waals surface area (Å²) in [6, 6.07) is 5.12. The number of ether oxygens (including phenoxy) is 1. The molecule has 66 valence electrons. The molecular formula is C11H10O2. The van der Waals surface area contributed by atoms with E-state index in [0.717, 1.165) is 11.1 Å². The van der Waals surface area contributed by atoms with Crippen LogP contribution < -0.4 is 0 Å². The Kier molecular flexibility index (Phi) is 2.71. The minimum Gasteiger partial charge on any atom is -0.465 e. The molecule has 0 atom stereocenters. The zero-order chi connectivity index (χ0) is 9.84. The highest BCUT2D eigenvalue weighted by Crippen LogP contribution is 2.10. The number of carbonyl (C=O) groups is 1. The van der Waals surface area contributed by atoms with E-state index in [1.54, 1.807) is 18.2 Å². The lowest BCUT2D eigenvalue weighted by atomic mass is 10.1.